The molecular weight excluding hydrogens is 287 g/mol. The molecule has 0 aliphatic heterocycles. The predicted octanol–water partition coefficient (Wildman–Crippen LogP) is 4.65. The molecule has 0 bridgehead atoms. The molecule has 0 N–H and O–H groups in total. The summed E-state index contributed by atoms with van der Waals surface area (Å²) >= 11 is 11.7. The highest BCUT2D eigenvalue weighted by Gasteiger charge is 2.04. The number of aliphatic imine (C=N–C) groups is 1. The molecule has 0 aliphatic rings. The molecule has 96 valence electrons. The maximum atomic E-state index is 10.6. The molecule has 0 heterocycles. The van der Waals surface area contributed by atoms with Crippen LogP contribution in [0.15, 0.2) is 47.5 Å². The molecule has 2 aromatic carbocycles. The van der Waals surface area contributed by atoms with Crippen LogP contribution in [0, 0.1) is 10.1 Å². The van der Waals surface area contributed by atoms with Crippen molar-refractivity contribution in [2.45, 2.75) is 0 Å². The summed E-state index contributed by atoms with van der Waals surface area (Å²) in [7, 11) is 0. The maximum Gasteiger partial charge on any atom is 0.270 e. The molecule has 19 heavy (non-hydrogen) atoms. The molecule has 6 heteroatoms. The molecule has 0 spiro atoms. The van der Waals surface area contributed by atoms with E-state index in [0.717, 1.165) is 0 Å². The minimum absolute atomic E-state index is 0.0214. The summed E-state index contributed by atoms with van der Waals surface area (Å²) in [6, 6.07) is 11.1. The first-order valence-corrected chi connectivity index (χ1v) is 6.05. The lowest BCUT2D eigenvalue weighted by atomic mass is 10.2. The van der Waals surface area contributed by atoms with Crippen molar-refractivity contribution in [2.24, 2.45) is 4.99 Å². The van der Waals surface area contributed by atoms with Crippen LogP contribution in [0.4, 0.5) is 11.4 Å². The zero-order valence-electron chi connectivity index (χ0n) is 9.59. The van der Waals surface area contributed by atoms with Gasteiger partial charge in [-0.05, 0) is 23.8 Å². The standard InChI is InChI=1S/C13H8Cl2N2O2/c14-10-5-11(15)7-12(6-10)16-8-9-2-1-3-13(4-9)17(18)19/h1-8H. The number of nitro benzene ring substituents is 1. The number of non-ortho nitro benzene ring substituents is 1. The van der Waals surface area contributed by atoms with Crippen molar-refractivity contribution in [2.75, 3.05) is 0 Å². The minimum atomic E-state index is -0.451. The molecule has 0 atom stereocenters. The van der Waals surface area contributed by atoms with Gasteiger partial charge in [0.1, 0.15) is 0 Å². The number of nitro groups is 1. The van der Waals surface area contributed by atoms with Gasteiger partial charge < -0.3 is 0 Å². The second-order valence-corrected chi connectivity index (χ2v) is 4.61. The highest BCUT2D eigenvalue weighted by atomic mass is 35.5. The number of benzene rings is 2. The van der Waals surface area contributed by atoms with Crippen LogP contribution in [0.2, 0.25) is 10.0 Å². The van der Waals surface area contributed by atoms with Gasteiger partial charge in [0.25, 0.3) is 5.69 Å². The Kier molecular flexibility index (Phi) is 4.14. The SMILES string of the molecule is O=[N+]([O-])c1cccc(C=Nc2cc(Cl)cc(Cl)c2)c1. The number of hydrogen-bond donors (Lipinski definition) is 0. The molecule has 0 unspecified atom stereocenters. The van der Waals surface area contributed by atoms with Crippen molar-refractivity contribution >= 4 is 40.8 Å². The van der Waals surface area contributed by atoms with Crippen molar-refractivity contribution in [3.05, 3.63) is 68.2 Å². The molecule has 2 rings (SSSR count). The van der Waals surface area contributed by atoms with E-state index in [1.807, 2.05) is 0 Å². The second-order valence-electron chi connectivity index (χ2n) is 3.74. The fourth-order valence-electron chi connectivity index (χ4n) is 1.48. The molecule has 0 aromatic heterocycles. The third-order valence-electron chi connectivity index (χ3n) is 2.29. The lowest BCUT2D eigenvalue weighted by Gasteiger charge is -1.97. The van der Waals surface area contributed by atoms with Crippen molar-refractivity contribution < 1.29 is 4.92 Å². The smallest absolute Gasteiger partial charge is 0.258 e. The Morgan fingerprint density at radius 2 is 1.79 bits per heavy atom. The van der Waals surface area contributed by atoms with E-state index in [9.17, 15) is 10.1 Å². The lowest BCUT2D eigenvalue weighted by molar-refractivity contribution is -0.384. The zero-order chi connectivity index (χ0) is 13.8. The van der Waals surface area contributed by atoms with Crippen LogP contribution in [0.5, 0.6) is 0 Å². The normalized spacial score (nSPS) is 10.8. The van der Waals surface area contributed by atoms with Gasteiger partial charge >= 0.3 is 0 Å². The predicted molar refractivity (Wildman–Crippen MR) is 76.8 cm³/mol. The Morgan fingerprint density at radius 3 is 2.42 bits per heavy atom. The van der Waals surface area contributed by atoms with Crippen LogP contribution < -0.4 is 0 Å². The topological polar surface area (TPSA) is 55.5 Å². The highest BCUT2D eigenvalue weighted by Crippen LogP contribution is 2.24. The van der Waals surface area contributed by atoms with Gasteiger partial charge in [0.05, 0.1) is 10.6 Å². The molecule has 0 saturated carbocycles. The number of halogens is 2. The summed E-state index contributed by atoms with van der Waals surface area (Å²) in [4.78, 5) is 14.4. The average Bonchev–Trinajstić information content (AvgIpc) is 2.35. The zero-order valence-corrected chi connectivity index (χ0v) is 11.1. The van der Waals surface area contributed by atoms with Crippen LogP contribution in [0.3, 0.4) is 0 Å². The Morgan fingerprint density at radius 1 is 1.11 bits per heavy atom. The highest BCUT2D eigenvalue weighted by molar-refractivity contribution is 6.35. The first-order valence-electron chi connectivity index (χ1n) is 5.29. The van der Waals surface area contributed by atoms with E-state index < -0.39 is 4.92 Å². The maximum absolute atomic E-state index is 10.6. The summed E-state index contributed by atoms with van der Waals surface area (Å²) in [6.45, 7) is 0. The second kappa shape index (κ2) is 5.82. The first kappa shape index (κ1) is 13.5. The number of hydrogen-bond acceptors (Lipinski definition) is 3. The van der Waals surface area contributed by atoms with Crippen molar-refractivity contribution in [1.29, 1.82) is 0 Å². The Hall–Kier alpha value is -1.91. The summed E-state index contributed by atoms with van der Waals surface area (Å²) in [5.74, 6) is 0. The Bertz CT molecular complexity index is 637. The van der Waals surface area contributed by atoms with E-state index in [-0.39, 0.29) is 5.69 Å². The Balaban J connectivity index is 2.27. The lowest BCUT2D eigenvalue weighted by Crippen LogP contribution is -1.89. The van der Waals surface area contributed by atoms with Gasteiger partial charge in [0.15, 0.2) is 0 Å². The van der Waals surface area contributed by atoms with Crippen LogP contribution in [-0.2, 0) is 0 Å². The van der Waals surface area contributed by atoms with Gasteiger partial charge in [0, 0.05) is 28.4 Å². The van der Waals surface area contributed by atoms with Crippen LogP contribution in [0.25, 0.3) is 0 Å². The van der Waals surface area contributed by atoms with Gasteiger partial charge in [-0.3, -0.25) is 15.1 Å². The largest absolute Gasteiger partial charge is 0.270 e. The fraction of sp³-hybridized carbons (Fsp3) is 0. The van der Waals surface area contributed by atoms with Crippen LogP contribution in [-0.4, -0.2) is 11.1 Å². The van der Waals surface area contributed by atoms with Crippen LogP contribution in [0.1, 0.15) is 5.56 Å². The quantitative estimate of drug-likeness (QED) is 0.470. The van der Waals surface area contributed by atoms with Crippen LogP contribution >= 0.6 is 23.2 Å². The van der Waals surface area contributed by atoms with E-state index in [1.165, 1.54) is 18.3 Å². The van der Waals surface area contributed by atoms with Crippen molar-refractivity contribution in [3.63, 3.8) is 0 Å². The molecule has 4 nitrogen and oxygen atoms in total. The molecule has 0 amide bonds. The summed E-state index contributed by atoms with van der Waals surface area (Å²) in [6.07, 6.45) is 1.52. The van der Waals surface area contributed by atoms with Crippen molar-refractivity contribution in [1.82, 2.24) is 0 Å². The number of rotatable bonds is 3. The van der Waals surface area contributed by atoms with Gasteiger partial charge in [-0.25, -0.2) is 0 Å². The third kappa shape index (κ3) is 3.77. The fourth-order valence-corrected chi connectivity index (χ4v) is 2.00. The number of nitrogens with zero attached hydrogens (tertiary/aromatic N) is 2. The van der Waals surface area contributed by atoms with E-state index in [4.69, 9.17) is 23.2 Å². The summed E-state index contributed by atoms with van der Waals surface area (Å²) in [5, 5.41) is 11.6. The minimum Gasteiger partial charge on any atom is -0.258 e. The molecule has 0 fully saturated rings. The van der Waals surface area contributed by atoms with E-state index >= 15 is 0 Å². The molecule has 0 aliphatic carbocycles. The van der Waals surface area contributed by atoms with Crippen molar-refractivity contribution in [3.8, 4) is 0 Å². The molecule has 0 radical (unpaired) electrons. The molecule has 0 saturated heterocycles. The van der Waals surface area contributed by atoms with Gasteiger partial charge in [0.2, 0.25) is 0 Å². The van der Waals surface area contributed by atoms with E-state index in [2.05, 4.69) is 4.99 Å². The van der Waals surface area contributed by atoms with Gasteiger partial charge in [-0.15, -0.1) is 0 Å². The van der Waals surface area contributed by atoms with Gasteiger partial charge in [-0.2, -0.15) is 0 Å². The monoisotopic (exact) mass is 294 g/mol. The first-order chi connectivity index (χ1) is 9.04. The summed E-state index contributed by atoms with van der Waals surface area (Å²) in [5.41, 5.74) is 1.24. The van der Waals surface area contributed by atoms with Gasteiger partial charge in [-0.1, -0.05) is 35.3 Å². The summed E-state index contributed by atoms with van der Waals surface area (Å²) < 4.78 is 0. The van der Waals surface area contributed by atoms with E-state index in [1.54, 1.807) is 30.3 Å². The van der Waals surface area contributed by atoms with E-state index in [0.29, 0.717) is 21.3 Å². The molecule has 2 aromatic rings. The Labute approximate surface area is 119 Å². The molecular formula is C13H8Cl2N2O2. The average molecular weight is 295 g/mol. The third-order valence-corrected chi connectivity index (χ3v) is 2.73.